The highest BCUT2D eigenvalue weighted by Crippen LogP contribution is 2.32. The number of fused-ring (bicyclic) bond motifs is 1. The number of amides is 4. The van der Waals surface area contributed by atoms with Crippen molar-refractivity contribution in [1.82, 2.24) is 20.9 Å². The van der Waals surface area contributed by atoms with E-state index in [1.165, 1.54) is 23.1 Å². The smallest absolute Gasteiger partial charge is 0.255 e. The van der Waals surface area contributed by atoms with Gasteiger partial charge in [-0.05, 0) is 48.9 Å². The van der Waals surface area contributed by atoms with E-state index in [0.717, 1.165) is 5.56 Å². The molecular weight excluding hydrogens is 643 g/mol. The second kappa shape index (κ2) is 17.0. The summed E-state index contributed by atoms with van der Waals surface area (Å²) in [5.74, 6) is -1.57. The number of nitrogens with zero attached hydrogens (tertiary/aromatic N) is 1. The van der Waals surface area contributed by atoms with E-state index in [-0.39, 0.29) is 54.9 Å². The van der Waals surface area contributed by atoms with Crippen LogP contribution in [0.15, 0.2) is 103 Å². The van der Waals surface area contributed by atoms with Gasteiger partial charge in [0.2, 0.25) is 17.7 Å². The minimum absolute atomic E-state index is 0.0496. The van der Waals surface area contributed by atoms with Crippen molar-refractivity contribution in [3.8, 4) is 23.0 Å². The highest BCUT2D eigenvalue weighted by Gasteiger charge is 2.30. The second-order valence-corrected chi connectivity index (χ2v) is 11.9. The van der Waals surface area contributed by atoms with Crippen molar-refractivity contribution in [2.75, 3.05) is 26.8 Å². The summed E-state index contributed by atoms with van der Waals surface area (Å²) in [7, 11) is 1.61. The van der Waals surface area contributed by atoms with Gasteiger partial charge in [0.1, 0.15) is 42.6 Å². The Bertz CT molecular complexity index is 1790. The van der Waals surface area contributed by atoms with Crippen molar-refractivity contribution < 1.29 is 37.8 Å². The molecule has 50 heavy (non-hydrogen) atoms. The minimum Gasteiger partial charge on any atom is -0.491 e. The van der Waals surface area contributed by atoms with Gasteiger partial charge in [0.05, 0.1) is 24.6 Å². The first-order valence-electron chi connectivity index (χ1n) is 16.2. The summed E-state index contributed by atoms with van der Waals surface area (Å²) in [6, 6.07) is 25.6. The number of rotatable bonds is 9. The lowest BCUT2D eigenvalue weighted by atomic mass is 10.0. The molecule has 5 rings (SSSR count). The van der Waals surface area contributed by atoms with Crippen LogP contribution in [0.1, 0.15) is 29.3 Å². The van der Waals surface area contributed by atoms with E-state index in [4.69, 9.17) is 14.2 Å². The van der Waals surface area contributed by atoms with Crippen molar-refractivity contribution in [2.45, 2.75) is 37.9 Å². The normalized spacial score (nSPS) is 17.6. The summed E-state index contributed by atoms with van der Waals surface area (Å²) in [6.07, 6.45) is -0.236. The Balaban J connectivity index is 1.32. The lowest BCUT2D eigenvalue weighted by molar-refractivity contribution is -0.136. The van der Waals surface area contributed by atoms with Gasteiger partial charge in [0, 0.05) is 19.5 Å². The number of carbonyl (C=O) groups is 4. The van der Waals surface area contributed by atoms with Crippen molar-refractivity contribution in [3.05, 3.63) is 120 Å². The number of halogens is 1. The van der Waals surface area contributed by atoms with E-state index in [2.05, 4.69) is 16.0 Å². The van der Waals surface area contributed by atoms with E-state index in [1.807, 2.05) is 36.4 Å². The Kier molecular flexibility index (Phi) is 12.0. The van der Waals surface area contributed by atoms with Crippen LogP contribution in [0.5, 0.6) is 23.0 Å². The second-order valence-electron chi connectivity index (χ2n) is 11.9. The molecule has 12 heteroatoms. The lowest BCUT2D eigenvalue weighted by Gasteiger charge is -2.27. The molecule has 1 aliphatic rings. The number of ether oxygens (including phenoxy) is 3. The van der Waals surface area contributed by atoms with Crippen LogP contribution in [0.4, 0.5) is 4.39 Å². The zero-order valence-corrected chi connectivity index (χ0v) is 27.8. The standard InChI is InChI=1S/C38H39FN4O7/c1-25(24-49-33-18-17-27(39)22-34(33)50-28-13-7-4-8-14-28)40-37(46)30-23-35(44)41-31(21-26-11-5-3-6-12-26)38(47)43(2)19-20-48-32-16-10-9-15-29(32)36(45)42-30/h3-18,22,25,30-31H,19-21,23-24H2,1-2H3,(H,40,46)(H,41,44)(H,42,45)/t25-,30+,31+/m1/s1. The molecule has 11 nitrogen and oxygen atoms in total. The molecule has 0 aromatic heterocycles. The highest BCUT2D eigenvalue weighted by atomic mass is 19.1. The Labute approximate surface area is 289 Å². The molecule has 0 aliphatic carbocycles. The molecule has 0 saturated carbocycles. The third kappa shape index (κ3) is 9.82. The first-order chi connectivity index (χ1) is 24.2. The fourth-order valence-corrected chi connectivity index (χ4v) is 5.28. The van der Waals surface area contributed by atoms with Crippen LogP contribution in [0.3, 0.4) is 0 Å². The molecule has 4 aromatic carbocycles. The van der Waals surface area contributed by atoms with Crippen LogP contribution in [-0.2, 0) is 20.8 Å². The Morgan fingerprint density at radius 2 is 1.64 bits per heavy atom. The molecule has 0 radical (unpaired) electrons. The predicted molar refractivity (Wildman–Crippen MR) is 184 cm³/mol. The van der Waals surface area contributed by atoms with Gasteiger partial charge in [-0.3, -0.25) is 19.2 Å². The summed E-state index contributed by atoms with van der Waals surface area (Å²) >= 11 is 0. The summed E-state index contributed by atoms with van der Waals surface area (Å²) in [5.41, 5.74) is 0.998. The van der Waals surface area contributed by atoms with Gasteiger partial charge in [0.15, 0.2) is 11.5 Å². The third-order valence-electron chi connectivity index (χ3n) is 7.87. The van der Waals surface area contributed by atoms with E-state index in [9.17, 15) is 23.6 Å². The van der Waals surface area contributed by atoms with Crippen LogP contribution in [0.2, 0.25) is 0 Å². The summed E-state index contributed by atoms with van der Waals surface area (Å²) in [6.45, 7) is 1.93. The SMILES string of the molecule is C[C@H](COc1ccc(F)cc1Oc1ccccc1)NC(=O)[C@@H]1CC(=O)N[C@@H](Cc2ccccc2)C(=O)N(C)CCOc2ccccc2C(=O)N1. The lowest BCUT2D eigenvalue weighted by Crippen LogP contribution is -2.54. The zero-order valence-electron chi connectivity index (χ0n) is 27.8. The van der Waals surface area contributed by atoms with Crippen LogP contribution in [0.25, 0.3) is 0 Å². The molecule has 3 atom stereocenters. The molecule has 0 saturated heterocycles. The predicted octanol–water partition coefficient (Wildman–Crippen LogP) is 4.27. The number of para-hydroxylation sites is 2. The topological polar surface area (TPSA) is 135 Å². The number of nitrogens with one attached hydrogen (secondary N) is 3. The van der Waals surface area contributed by atoms with Gasteiger partial charge in [-0.25, -0.2) is 4.39 Å². The van der Waals surface area contributed by atoms with E-state index in [1.54, 1.807) is 62.5 Å². The number of benzene rings is 4. The van der Waals surface area contributed by atoms with Crippen LogP contribution < -0.4 is 30.2 Å². The molecule has 0 spiro atoms. The van der Waals surface area contributed by atoms with Crippen molar-refractivity contribution >= 4 is 23.6 Å². The fourth-order valence-electron chi connectivity index (χ4n) is 5.28. The van der Waals surface area contributed by atoms with Crippen LogP contribution in [0, 0.1) is 5.82 Å². The van der Waals surface area contributed by atoms with E-state index < -0.39 is 48.1 Å². The van der Waals surface area contributed by atoms with Crippen molar-refractivity contribution in [2.24, 2.45) is 0 Å². The molecule has 4 amide bonds. The van der Waals surface area contributed by atoms with Crippen LogP contribution in [-0.4, -0.2) is 73.5 Å². The van der Waals surface area contributed by atoms with Gasteiger partial charge < -0.3 is 35.1 Å². The van der Waals surface area contributed by atoms with E-state index in [0.29, 0.717) is 5.75 Å². The Morgan fingerprint density at radius 3 is 2.40 bits per heavy atom. The van der Waals surface area contributed by atoms with Crippen molar-refractivity contribution in [3.63, 3.8) is 0 Å². The fraction of sp³-hybridized carbons (Fsp3) is 0.263. The van der Waals surface area contributed by atoms with Crippen molar-refractivity contribution in [1.29, 1.82) is 0 Å². The Morgan fingerprint density at radius 1 is 0.940 bits per heavy atom. The molecule has 4 aromatic rings. The summed E-state index contributed by atoms with van der Waals surface area (Å²) in [4.78, 5) is 55.6. The molecule has 0 fully saturated rings. The molecule has 0 bridgehead atoms. The minimum atomic E-state index is -1.33. The monoisotopic (exact) mass is 682 g/mol. The third-order valence-corrected chi connectivity index (χ3v) is 7.87. The maximum Gasteiger partial charge on any atom is 0.255 e. The van der Waals surface area contributed by atoms with Gasteiger partial charge >= 0.3 is 0 Å². The van der Waals surface area contributed by atoms with Gasteiger partial charge in [0.25, 0.3) is 5.91 Å². The molecule has 1 heterocycles. The largest absolute Gasteiger partial charge is 0.491 e. The average Bonchev–Trinajstić information content (AvgIpc) is 3.11. The molecule has 260 valence electrons. The van der Waals surface area contributed by atoms with E-state index >= 15 is 0 Å². The first-order valence-corrected chi connectivity index (χ1v) is 16.2. The highest BCUT2D eigenvalue weighted by molar-refractivity contribution is 6.01. The quantitative estimate of drug-likeness (QED) is 0.240. The maximum absolute atomic E-state index is 14.1. The first kappa shape index (κ1) is 35.4. The number of likely N-dealkylation sites (N-methyl/N-ethyl adjacent to an activating group) is 1. The summed E-state index contributed by atoms with van der Waals surface area (Å²) in [5, 5.41) is 8.24. The average molecular weight is 683 g/mol. The number of carbonyl (C=O) groups excluding carboxylic acids is 4. The zero-order chi connectivity index (χ0) is 35.5. The molecule has 0 unspecified atom stereocenters. The van der Waals surface area contributed by atoms with Gasteiger partial charge in [-0.2, -0.15) is 0 Å². The Hall–Kier alpha value is -5.91. The van der Waals surface area contributed by atoms with Crippen LogP contribution >= 0.6 is 0 Å². The maximum atomic E-state index is 14.1. The molecular formula is C38H39FN4O7. The molecule has 1 aliphatic heterocycles. The molecule has 3 N–H and O–H groups in total. The summed E-state index contributed by atoms with van der Waals surface area (Å²) < 4.78 is 31.7. The van der Waals surface area contributed by atoms with Gasteiger partial charge in [-0.15, -0.1) is 0 Å². The number of hydrogen-bond acceptors (Lipinski definition) is 7. The number of hydrogen-bond donors (Lipinski definition) is 3. The van der Waals surface area contributed by atoms with Gasteiger partial charge in [-0.1, -0.05) is 60.7 Å².